The molecule has 1 aliphatic rings. The zero-order valence-corrected chi connectivity index (χ0v) is 10.9. The lowest BCUT2D eigenvalue weighted by Gasteiger charge is -2.28. The highest BCUT2D eigenvalue weighted by Crippen LogP contribution is 2.27. The summed E-state index contributed by atoms with van der Waals surface area (Å²) in [7, 11) is 0. The third-order valence-corrected chi connectivity index (χ3v) is 3.65. The fourth-order valence-corrected chi connectivity index (χ4v) is 2.62. The van der Waals surface area contributed by atoms with Crippen LogP contribution in [-0.2, 0) is 6.61 Å². The average molecular weight is 254 g/mol. The summed E-state index contributed by atoms with van der Waals surface area (Å²) in [6.45, 7) is 2.24. The maximum atomic E-state index is 9.40. The van der Waals surface area contributed by atoms with Crippen LogP contribution in [0.15, 0.2) is 18.2 Å². The number of anilines is 1. The minimum atomic E-state index is 0.0863. The largest absolute Gasteiger partial charge is 0.392 e. The van der Waals surface area contributed by atoms with Gasteiger partial charge in [0.1, 0.15) is 0 Å². The van der Waals surface area contributed by atoms with E-state index in [0.717, 1.165) is 29.4 Å². The molecule has 1 aliphatic heterocycles. The van der Waals surface area contributed by atoms with E-state index in [1.165, 1.54) is 32.1 Å². The van der Waals surface area contributed by atoms with Gasteiger partial charge in [0, 0.05) is 29.4 Å². The number of halogens is 1. The fourth-order valence-electron chi connectivity index (χ4n) is 2.45. The number of aliphatic hydroxyl groups is 1. The van der Waals surface area contributed by atoms with Gasteiger partial charge in [-0.1, -0.05) is 36.9 Å². The summed E-state index contributed by atoms with van der Waals surface area (Å²) in [5, 5.41) is 10.1. The van der Waals surface area contributed by atoms with Crippen LogP contribution in [0.3, 0.4) is 0 Å². The van der Waals surface area contributed by atoms with Crippen molar-refractivity contribution in [1.82, 2.24) is 0 Å². The van der Waals surface area contributed by atoms with E-state index in [1.54, 1.807) is 0 Å². The first-order valence-electron chi connectivity index (χ1n) is 6.45. The Morgan fingerprint density at radius 2 is 1.71 bits per heavy atom. The molecule has 0 spiro atoms. The number of hydrogen-bond donors (Lipinski definition) is 1. The fraction of sp³-hybridized carbons (Fsp3) is 0.571. The maximum absolute atomic E-state index is 9.40. The van der Waals surface area contributed by atoms with E-state index in [4.69, 9.17) is 11.6 Å². The lowest BCUT2D eigenvalue weighted by atomic mass is 10.1. The molecule has 1 aromatic rings. The van der Waals surface area contributed by atoms with Crippen LogP contribution in [0.2, 0.25) is 5.02 Å². The molecule has 1 aromatic carbocycles. The number of aliphatic hydroxyl groups excluding tert-OH is 1. The van der Waals surface area contributed by atoms with Gasteiger partial charge in [-0.3, -0.25) is 0 Å². The number of nitrogens with zero attached hydrogens (tertiary/aromatic N) is 1. The van der Waals surface area contributed by atoms with E-state index >= 15 is 0 Å². The van der Waals surface area contributed by atoms with E-state index in [1.807, 2.05) is 18.2 Å². The van der Waals surface area contributed by atoms with E-state index in [0.29, 0.717) is 0 Å². The van der Waals surface area contributed by atoms with Gasteiger partial charge in [-0.2, -0.15) is 0 Å². The Hall–Kier alpha value is -0.730. The van der Waals surface area contributed by atoms with Crippen molar-refractivity contribution in [3.05, 3.63) is 28.8 Å². The zero-order chi connectivity index (χ0) is 12.1. The summed E-state index contributed by atoms with van der Waals surface area (Å²) >= 11 is 6.06. The Morgan fingerprint density at radius 3 is 2.35 bits per heavy atom. The molecule has 0 atom stereocenters. The van der Waals surface area contributed by atoms with Gasteiger partial charge in [0.15, 0.2) is 0 Å². The smallest absolute Gasteiger partial charge is 0.0702 e. The molecule has 0 bridgehead atoms. The van der Waals surface area contributed by atoms with Crippen LogP contribution >= 0.6 is 11.6 Å². The first-order chi connectivity index (χ1) is 8.31. The molecule has 2 rings (SSSR count). The van der Waals surface area contributed by atoms with Crippen LogP contribution in [0.25, 0.3) is 0 Å². The van der Waals surface area contributed by atoms with Crippen molar-refractivity contribution >= 4 is 17.3 Å². The first kappa shape index (κ1) is 12.7. The first-order valence-corrected chi connectivity index (χ1v) is 6.83. The van der Waals surface area contributed by atoms with E-state index in [2.05, 4.69) is 4.90 Å². The van der Waals surface area contributed by atoms with Crippen molar-refractivity contribution in [3.8, 4) is 0 Å². The van der Waals surface area contributed by atoms with Gasteiger partial charge in [-0.25, -0.2) is 0 Å². The highest BCUT2D eigenvalue weighted by atomic mass is 35.5. The molecule has 1 saturated heterocycles. The summed E-state index contributed by atoms with van der Waals surface area (Å²) in [4.78, 5) is 2.37. The molecule has 17 heavy (non-hydrogen) atoms. The van der Waals surface area contributed by atoms with E-state index < -0.39 is 0 Å². The number of rotatable bonds is 2. The summed E-state index contributed by atoms with van der Waals surface area (Å²) in [6.07, 6.45) is 6.45. The van der Waals surface area contributed by atoms with Gasteiger partial charge >= 0.3 is 0 Å². The highest BCUT2D eigenvalue weighted by molar-refractivity contribution is 6.30. The summed E-state index contributed by atoms with van der Waals surface area (Å²) in [5.74, 6) is 0. The number of hydrogen-bond acceptors (Lipinski definition) is 2. The quantitative estimate of drug-likeness (QED) is 0.871. The summed E-state index contributed by atoms with van der Waals surface area (Å²) in [6, 6.07) is 5.76. The van der Waals surface area contributed by atoms with Crippen molar-refractivity contribution in [2.24, 2.45) is 0 Å². The predicted molar refractivity (Wildman–Crippen MR) is 72.7 cm³/mol. The Balaban J connectivity index is 2.20. The van der Waals surface area contributed by atoms with Gasteiger partial charge in [0.2, 0.25) is 0 Å². The van der Waals surface area contributed by atoms with E-state index in [9.17, 15) is 5.11 Å². The van der Waals surface area contributed by atoms with Crippen LogP contribution in [-0.4, -0.2) is 18.2 Å². The van der Waals surface area contributed by atoms with Gasteiger partial charge < -0.3 is 10.0 Å². The minimum absolute atomic E-state index is 0.0863. The molecule has 94 valence electrons. The monoisotopic (exact) mass is 253 g/mol. The average Bonchev–Trinajstić information content (AvgIpc) is 2.28. The summed E-state index contributed by atoms with van der Waals surface area (Å²) in [5.41, 5.74) is 2.09. The van der Waals surface area contributed by atoms with Gasteiger partial charge in [-0.15, -0.1) is 0 Å². The van der Waals surface area contributed by atoms with E-state index in [-0.39, 0.29) is 6.61 Å². The molecular formula is C14H20ClNO. The molecule has 1 fully saturated rings. The third-order valence-electron chi connectivity index (χ3n) is 3.41. The van der Waals surface area contributed by atoms with Gasteiger partial charge in [0.25, 0.3) is 0 Å². The molecular weight excluding hydrogens is 234 g/mol. The Morgan fingerprint density at radius 1 is 1.06 bits per heavy atom. The van der Waals surface area contributed by atoms with Gasteiger partial charge in [-0.05, 0) is 25.0 Å². The predicted octanol–water partition coefficient (Wildman–Crippen LogP) is 3.60. The molecule has 1 N–H and O–H groups in total. The molecule has 0 aliphatic carbocycles. The summed E-state index contributed by atoms with van der Waals surface area (Å²) < 4.78 is 0. The van der Waals surface area contributed by atoms with Crippen molar-refractivity contribution in [1.29, 1.82) is 0 Å². The SMILES string of the molecule is OCc1ccc(Cl)cc1N1CCCCCCC1. The molecule has 3 heteroatoms. The molecule has 0 radical (unpaired) electrons. The molecule has 0 unspecified atom stereocenters. The van der Waals surface area contributed by atoms with Crippen molar-refractivity contribution in [2.45, 2.75) is 38.7 Å². The lowest BCUT2D eigenvalue weighted by molar-refractivity contribution is 0.282. The minimum Gasteiger partial charge on any atom is -0.392 e. The normalized spacial score (nSPS) is 17.6. The Bertz CT molecular complexity index is 359. The van der Waals surface area contributed by atoms with Crippen molar-refractivity contribution in [2.75, 3.05) is 18.0 Å². The third kappa shape index (κ3) is 3.36. The molecule has 2 nitrogen and oxygen atoms in total. The van der Waals surface area contributed by atoms with Crippen molar-refractivity contribution < 1.29 is 5.11 Å². The van der Waals surface area contributed by atoms with Gasteiger partial charge in [0.05, 0.1) is 6.61 Å². The van der Waals surface area contributed by atoms with Crippen molar-refractivity contribution in [3.63, 3.8) is 0 Å². The molecule has 0 amide bonds. The second kappa shape index (κ2) is 6.27. The topological polar surface area (TPSA) is 23.5 Å². The standard InChI is InChI=1S/C14H20ClNO/c15-13-7-6-12(11-17)14(10-13)16-8-4-2-1-3-5-9-16/h6-7,10,17H,1-5,8-9,11H2. The van der Waals surface area contributed by atoms with Crippen LogP contribution in [0, 0.1) is 0 Å². The number of benzene rings is 1. The Kier molecular flexibility index (Phi) is 4.69. The second-order valence-electron chi connectivity index (χ2n) is 4.69. The zero-order valence-electron chi connectivity index (χ0n) is 10.2. The maximum Gasteiger partial charge on any atom is 0.0702 e. The highest BCUT2D eigenvalue weighted by Gasteiger charge is 2.12. The van der Waals surface area contributed by atoms with Crippen LogP contribution in [0.4, 0.5) is 5.69 Å². The molecule has 0 aromatic heterocycles. The van der Waals surface area contributed by atoms with Crippen LogP contribution < -0.4 is 4.90 Å². The second-order valence-corrected chi connectivity index (χ2v) is 5.12. The van der Waals surface area contributed by atoms with Crippen LogP contribution in [0.1, 0.15) is 37.7 Å². The van der Waals surface area contributed by atoms with Crippen LogP contribution in [0.5, 0.6) is 0 Å². The molecule has 1 heterocycles. The lowest BCUT2D eigenvalue weighted by Crippen LogP contribution is -2.28. The molecule has 0 saturated carbocycles. The Labute approximate surface area is 108 Å².